The molecule has 0 unspecified atom stereocenters. The molecule has 0 aromatic rings. The van der Waals surface area contributed by atoms with Crippen molar-refractivity contribution in [1.29, 1.82) is 0 Å². The maximum absolute atomic E-state index is 8.70. The number of nitrogens with one attached hydrogen (secondary N) is 2. The lowest BCUT2D eigenvalue weighted by molar-refractivity contribution is 0.298. The quantitative estimate of drug-likeness (QED) is 0.307. The minimum atomic E-state index is 0.0357. The second kappa shape index (κ2) is 8.12. The van der Waals surface area contributed by atoms with Crippen LogP contribution in [0.4, 0.5) is 0 Å². The number of hydrogen-bond acceptors (Lipinski definition) is 6. The lowest BCUT2D eigenvalue weighted by atomic mass is 9.92. The first kappa shape index (κ1) is 17.9. The van der Waals surface area contributed by atoms with Crippen LogP contribution in [0.25, 0.3) is 0 Å². The summed E-state index contributed by atoms with van der Waals surface area (Å²) in [5.41, 5.74) is 1.37. The fourth-order valence-corrected chi connectivity index (χ4v) is 1.39. The highest BCUT2D eigenvalue weighted by Crippen LogP contribution is 2.12. The monoisotopic (exact) mass is 272 g/mol. The average molecular weight is 272 g/mol. The van der Waals surface area contributed by atoms with Gasteiger partial charge in [-0.15, -0.1) is 0 Å². The van der Waals surface area contributed by atoms with Gasteiger partial charge in [0.15, 0.2) is 0 Å². The Labute approximate surface area is 116 Å². The Hall–Kier alpha value is -1.14. The lowest BCUT2D eigenvalue weighted by Crippen LogP contribution is -2.46. The van der Waals surface area contributed by atoms with Crippen LogP contribution in [0.5, 0.6) is 0 Å². The molecule has 0 saturated carbocycles. The van der Waals surface area contributed by atoms with Gasteiger partial charge in [0.25, 0.3) is 0 Å². The minimum Gasteiger partial charge on any atom is -0.411 e. The van der Waals surface area contributed by atoms with Gasteiger partial charge in [0.05, 0.1) is 11.4 Å². The first-order valence-electron chi connectivity index (χ1n) is 6.57. The molecule has 19 heavy (non-hydrogen) atoms. The Kier molecular flexibility index (Phi) is 7.63. The molecule has 0 aliphatic heterocycles. The average Bonchev–Trinajstić information content (AvgIpc) is 2.40. The van der Waals surface area contributed by atoms with Gasteiger partial charge < -0.3 is 21.0 Å². The van der Waals surface area contributed by atoms with Crippen molar-refractivity contribution < 1.29 is 10.4 Å². The molecule has 112 valence electrons. The van der Waals surface area contributed by atoms with Crippen LogP contribution in [0.15, 0.2) is 10.3 Å². The van der Waals surface area contributed by atoms with E-state index in [1.54, 1.807) is 13.8 Å². The van der Waals surface area contributed by atoms with Gasteiger partial charge in [-0.2, -0.15) is 0 Å². The number of rotatable bonds is 8. The van der Waals surface area contributed by atoms with Crippen molar-refractivity contribution in [3.63, 3.8) is 0 Å². The number of hydrogen-bond donors (Lipinski definition) is 4. The predicted octanol–water partition coefficient (Wildman–Crippen LogP) is 1.67. The van der Waals surface area contributed by atoms with E-state index in [2.05, 4.69) is 34.8 Å². The van der Waals surface area contributed by atoms with Gasteiger partial charge in [0, 0.05) is 25.2 Å². The van der Waals surface area contributed by atoms with Crippen molar-refractivity contribution in [2.45, 2.75) is 53.6 Å². The van der Waals surface area contributed by atoms with E-state index in [-0.39, 0.29) is 17.5 Å². The summed E-state index contributed by atoms with van der Waals surface area (Å²) in [7, 11) is 0. The summed E-state index contributed by atoms with van der Waals surface area (Å²) in [6, 6.07) is 0.0878. The van der Waals surface area contributed by atoms with E-state index in [1.807, 2.05) is 13.8 Å². The summed E-state index contributed by atoms with van der Waals surface area (Å²) in [5, 5.41) is 30.4. The molecule has 0 heterocycles. The highest BCUT2D eigenvalue weighted by atomic mass is 16.4. The largest absolute Gasteiger partial charge is 0.411 e. The van der Waals surface area contributed by atoms with Gasteiger partial charge in [0.1, 0.15) is 0 Å². The van der Waals surface area contributed by atoms with Crippen LogP contribution in [0.1, 0.15) is 41.5 Å². The van der Waals surface area contributed by atoms with Crippen LogP contribution >= 0.6 is 0 Å². The van der Waals surface area contributed by atoms with Crippen molar-refractivity contribution in [2.24, 2.45) is 15.7 Å². The van der Waals surface area contributed by atoms with Crippen molar-refractivity contribution in [3.8, 4) is 0 Å². The second-order valence-electron chi connectivity index (χ2n) is 5.85. The van der Waals surface area contributed by atoms with E-state index in [0.29, 0.717) is 11.4 Å². The molecule has 0 bridgehead atoms. The summed E-state index contributed by atoms with van der Waals surface area (Å²) in [5.74, 6) is 0. The molecule has 0 fully saturated rings. The fourth-order valence-electron chi connectivity index (χ4n) is 1.39. The molecular weight excluding hydrogens is 244 g/mol. The zero-order chi connectivity index (χ0) is 15.1. The summed E-state index contributed by atoms with van der Waals surface area (Å²) >= 11 is 0. The molecule has 6 nitrogen and oxygen atoms in total. The van der Waals surface area contributed by atoms with Crippen LogP contribution in [-0.2, 0) is 0 Å². The van der Waals surface area contributed by atoms with Gasteiger partial charge in [0.2, 0.25) is 0 Å². The van der Waals surface area contributed by atoms with E-state index in [4.69, 9.17) is 10.4 Å². The molecular formula is C13H28N4O2. The third-order valence-electron chi connectivity index (χ3n) is 3.34. The van der Waals surface area contributed by atoms with E-state index in [9.17, 15) is 0 Å². The molecule has 0 aromatic heterocycles. The summed E-state index contributed by atoms with van der Waals surface area (Å²) < 4.78 is 0. The molecule has 0 spiro atoms. The zero-order valence-corrected chi connectivity index (χ0v) is 12.9. The van der Waals surface area contributed by atoms with Crippen LogP contribution in [-0.4, -0.2) is 47.0 Å². The smallest absolute Gasteiger partial charge is 0.0706 e. The van der Waals surface area contributed by atoms with Gasteiger partial charge in [-0.25, -0.2) is 0 Å². The molecule has 0 aliphatic rings. The first-order valence-corrected chi connectivity index (χ1v) is 6.57. The number of oxime groups is 2. The van der Waals surface area contributed by atoms with Crippen LogP contribution < -0.4 is 10.6 Å². The topological polar surface area (TPSA) is 89.2 Å². The summed E-state index contributed by atoms with van der Waals surface area (Å²) in [4.78, 5) is 0. The molecule has 0 aromatic carbocycles. The predicted molar refractivity (Wildman–Crippen MR) is 78.5 cm³/mol. The normalized spacial score (nSPS) is 17.4. The summed E-state index contributed by atoms with van der Waals surface area (Å²) in [6.45, 7) is 13.4. The SMILES string of the molecule is C/C(=N\O)[C@H](C)NCC(C)(C)CN[C@@H](C)/C(C)=N/O. The van der Waals surface area contributed by atoms with E-state index in [0.717, 1.165) is 13.1 Å². The molecule has 0 saturated heterocycles. The van der Waals surface area contributed by atoms with Crippen molar-refractivity contribution >= 4 is 11.4 Å². The Morgan fingerprint density at radius 1 is 0.947 bits per heavy atom. The van der Waals surface area contributed by atoms with Crippen molar-refractivity contribution in [1.82, 2.24) is 10.6 Å². The molecule has 4 N–H and O–H groups in total. The summed E-state index contributed by atoms with van der Waals surface area (Å²) in [6.07, 6.45) is 0. The third-order valence-corrected chi connectivity index (χ3v) is 3.34. The Bertz CT molecular complexity index is 297. The molecule has 0 rings (SSSR count). The Morgan fingerprint density at radius 2 is 1.26 bits per heavy atom. The van der Waals surface area contributed by atoms with Crippen molar-refractivity contribution in [3.05, 3.63) is 0 Å². The maximum Gasteiger partial charge on any atom is 0.0706 e. The third kappa shape index (κ3) is 7.12. The standard InChI is InChI=1S/C13H28N4O2/c1-9(11(3)16-18)14-7-13(5,6)8-15-10(2)12(4)17-19/h9-10,14-15,18-19H,7-8H2,1-6H3/b16-11+,17-12+/t9-,10-/m0/s1. The maximum atomic E-state index is 8.70. The molecule has 2 atom stereocenters. The zero-order valence-electron chi connectivity index (χ0n) is 12.9. The highest BCUT2D eigenvalue weighted by Gasteiger charge is 2.20. The molecule has 0 radical (unpaired) electrons. The van der Waals surface area contributed by atoms with Crippen LogP contribution in [0.2, 0.25) is 0 Å². The second-order valence-corrected chi connectivity index (χ2v) is 5.85. The minimum absolute atomic E-state index is 0.0357. The van der Waals surface area contributed by atoms with E-state index >= 15 is 0 Å². The molecule has 0 aliphatic carbocycles. The van der Waals surface area contributed by atoms with E-state index in [1.165, 1.54) is 0 Å². The lowest BCUT2D eigenvalue weighted by Gasteiger charge is -2.29. The number of nitrogens with zero attached hydrogens (tertiary/aromatic N) is 2. The van der Waals surface area contributed by atoms with Crippen molar-refractivity contribution in [2.75, 3.05) is 13.1 Å². The highest BCUT2D eigenvalue weighted by molar-refractivity contribution is 5.86. The van der Waals surface area contributed by atoms with Gasteiger partial charge in [-0.1, -0.05) is 24.2 Å². The molecule has 0 amide bonds. The fraction of sp³-hybridized carbons (Fsp3) is 0.846. The molecule has 6 heteroatoms. The van der Waals surface area contributed by atoms with Gasteiger partial charge in [-0.05, 0) is 33.1 Å². The van der Waals surface area contributed by atoms with Gasteiger partial charge in [-0.3, -0.25) is 0 Å². The Morgan fingerprint density at radius 3 is 1.53 bits per heavy atom. The Balaban J connectivity index is 4.19. The van der Waals surface area contributed by atoms with E-state index < -0.39 is 0 Å². The van der Waals surface area contributed by atoms with Gasteiger partial charge >= 0.3 is 0 Å². The first-order chi connectivity index (χ1) is 8.73. The van der Waals surface area contributed by atoms with Crippen LogP contribution in [0.3, 0.4) is 0 Å². The van der Waals surface area contributed by atoms with Crippen LogP contribution in [0, 0.1) is 5.41 Å².